The molecule has 1 amide bonds. The van der Waals surface area contributed by atoms with Crippen molar-refractivity contribution in [3.63, 3.8) is 0 Å². The lowest BCUT2D eigenvalue weighted by atomic mass is 9.84. The van der Waals surface area contributed by atoms with E-state index in [0.29, 0.717) is 17.5 Å². The minimum absolute atomic E-state index is 0.00358. The topological polar surface area (TPSA) is 42.0 Å². The molecule has 1 saturated heterocycles. The van der Waals surface area contributed by atoms with Crippen molar-refractivity contribution < 1.29 is 18.7 Å². The Morgan fingerprint density at radius 1 is 1.09 bits per heavy atom. The monoisotopic (exact) mass is 496 g/mol. The summed E-state index contributed by atoms with van der Waals surface area (Å²) in [6.07, 6.45) is 2.38. The van der Waals surface area contributed by atoms with Crippen LogP contribution in [0.4, 0.5) is 4.39 Å². The van der Waals surface area contributed by atoms with Crippen LogP contribution in [0.15, 0.2) is 59.3 Å². The number of carbonyl (C=O) groups excluding carboxylic acids is 1. The van der Waals surface area contributed by atoms with E-state index in [2.05, 4.69) is 11.0 Å². The number of thiophene rings is 1. The smallest absolute Gasteiger partial charge is 0.254 e. The van der Waals surface area contributed by atoms with E-state index < -0.39 is 0 Å². The van der Waals surface area contributed by atoms with Crippen molar-refractivity contribution >= 4 is 17.2 Å². The van der Waals surface area contributed by atoms with Crippen molar-refractivity contribution in [1.29, 1.82) is 0 Å². The average molecular weight is 497 g/mol. The molecule has 5 nitrogen and oxygen atoms in total. The van der Waals surface area contributed by atoms with Gasteiger partial charge in [-0.25, -0.2) is 4.39 Å². The van der Waals surface area contributed by atoms with Gasteiger partial charge >= 0.3 is 0 Å². The Balaban J connectivity index is 1.48. The molecule has 0 spiro atoms. The number of piperidine rings is 1. The van der Waals surface area contributed by atoms with E-state index in [1.54, 1.807) is 20.3 Å². The Labute approximate surface area is 211 Å². The standard InChI is InChI=1S/C28H33FN2O3S/c1-30(28(32)23-13-16-35-19-23)25(17-21-7-4-5-9-24(21)29)20-11-14-31(15-12-20)18-22-8-6-10-26(33-2)27(22)34-3/h4-10,13,16,19-20,25H,11-12,14-15,17-18H2,1-3H3. The van der Waals surface area contributed by atoms with Crippen molar-refractivity contribution in [3.8, 4) is 11.5 Å². The number of hydrogen-bond acceptors (Lipinski definition) is 5. The van der Waals surface area contributed by atoms with Gasteiger partial charge < -0.3 is 14.4 Å². The number of hydrogen-bond donors (Lipinski definition) is 0. The number of ether oxygens (including phenoxy) is 2. The lowest BCUT2D eigenvalue weighted by molar-refractivity contribution is 0.0583. The maximum atomic E-state index is 14.6. The van der Waals surface area contributed by atoms with Crippen LogP contribution in [0.5, 0.6) is 11.5 Å². The molecule has 1 atom stereocenters. The minimum Gasteiger partial charge on any atom is -0.493 e. The molecule has 2 aromatic carbocycles. The summed E-state index contributed by atoms with van der Waals surface area (Å²) in [5, 5.41) is 3.79. The number of methoxy groups -OCH3 is 2. The van der Waals surface area contributed by atoms with Crippen molar-refractivity contribution in [3.05, 3.63) is 81.8 Å². The highest BCUT2D eigenvalue weighted by molar-refractivity contribution is 7.08. The first-order chi connectivity index (χ1) is 17.0. The summed E-state index contributed by atoms with van der Waals surface area (Å²) in [6.45, 7) is 2.58. The van der Waals surface area contributed by atoms with E-state index in [9.17, 15) is 9.18 Å². The molecular formula is C28H33FN2O3S. The van der Waals surface area contributed by atoms with E-state index in [1.807, 2.05) is 53.0 Å². The first kappa shape index (κ1) is 25.2. The number of nitrogens with zero attached hydrogens (tertiary/aromatic N) is 2. The lowest BCUT2D eigenvalue weighted by Gasteiger charge is -2.40. The Bertz CT molecular complexity index is 1110. The van der Waals surface area contributed by atoms with E-state index in [-0.39, 0.29) is 23.7 Å². The normalized spacial score (nSPS) is 15.5. The summed E-state index contributed by atoms with van der Waals surface area (Å²) in [7, 11) is 5.18. The van der Waals surface area contributed by atoms with Crippen molar-refractivity contribution in [1.82, 2.24) is 9.80 Å². The Kier molecular flexibility index (Phi) is 8.42. The van der Waals surface area contributed by atoms with E-state index in [4.69, 9.17) is 9.47 Å². The number of amides is 1. The predicted octanol–water partition coefficient (Wildman–Crippen LogP) is 5.50. The third-order valence-electron chi connectivity index (χ3n) is 7.03. The van der Waals surface area contributed by atoms with Crippen molar-refractivity contribution in [2.24, 2.45) is 5.92 Å². The fourth-order valence-electron chi connectivity index (χ4n) is 5.06. The van der Waals surface area contributed by atoms with Crippen LogP contribution in [-0.4, -0.2) is 56.1 Å². The Morgan fingerprint density at radius 3 is 2.49 bits per heavy atom. The van der Waals surface area contributed by atoms with Gasteiger partial charge in [0.25, 0.3) is 5.91 Å². The Hall–Kier alpha value is -2.90. The summed E-state index contributed by atoms with van der Waals surface area (Å²) in [5.74, 6) is 1.58. The number of benzene rings is 2. The van der Waals surface area contributed by atoms with Gasteiger partial charge in [-0.2, -0.15) is 11.3 Å². The zero-order valence-electron chi connectivity index (χ0n) is 20.6. The molecule has 7 heteroatoms. The Morgan fingerprint density at radius 2 is 1.83 bits per heavy atom. The third kappa shape index (κ3) is 5.85. The fourth-order valence-corrected chi connectivity index (χ4v) is 5.69. The van der Waals surface area contributed by atoms with Crippen molar-refractivity contribution in [2.75, 3.05) is 34.4 Å². The number of carbonyl (C=O) groups is 1. The van der Waals surface area contributed by atoms with Crippen LogP contribution in [0.1, 0.15) is 34.3 Å². The van der Waals surface area contributed by atoms with Gasteiger partial charge in [0.2, 0.25) is 0 Å². The molecule has 0 N–H and O–H groups in total. The fraction of sp³-hybridized carbons (Fsp3) is 0.393. The van der Waals surface area contributed by atoms with Gasteiger partial charge in [0, 0.05) is 30.6 Å². The average Bonchev–Trinajstić information content (AvgIpc) is 3.43. The summed E-state index contributed by atoms with van der Waals surface area (Å²) >= 11 is 1.51. The van der Waals surface area contributed by atoms with E-state index in [1.165, 1.54) is 17.4 Å². The predicted molar refractivity (Wildman–Crippen MR) is 138 cm³/mol. The van der Waals surface area contributed by atoms with Gasteiger partial charge in [0.05, 0.1) is 19.8 Å². The van der Waals surface area contributed by atoms with Gasteiger partial charge in [0.15, 0.2) is 11.5 Å². The molecule has 0 aliphatic carbocycles. The molecule has 3 aromatic rings. The molecule has 1 aliphatic rings. The van der Waals surface area contributed by atoms with Gasteiger partial charge in [-0.3, -0.25) is 9.69 Å². The summed E-state index contributed by atoms with van der Waals surface area (Å²) < 4.78 is 25.6. The summed E-state index contributed by atoms with van der Waals surface area (Å²) in [5.41, 5.74) is 2.45. The molecule has 4 rings (SSSR count). The number of likely N-dealkylation sites (N-methyl/N-ethyl adjacent to an activating group) is 1. The zero-order chi connectivity index (χ0) is 24.8. The number of rotatable bonds is 9. The van der Waals surface area contributed by atoms with Crippen molar-refractivity contribution in [2.45, 2.75) is 31.8 Å². The summed E-state index contributed by atoms with van der Waals surface area (Å²) in [4.78, 5) is 17.4. The van der Waals surface area contributed by atoms with E-state index in [0.717, 1.165) is 49.5 Å². The SMILES string of the molecule is COc1cccc(CN2CCC(C(Cc3ccccc3F)N(C)C(=O)c3ccsc3)CC2)c1OC. The first-order valence-corrected chi connectivity index (χ1v) is 12.9. The highest BCUT2D eigenvalue weighted by Gasteiger charge is 2.33. The molecule has 0 radical (unpaired) electrons. The lowest BCUT2D eigenvalue weighted by Crippen LogP contribution is -2.47. The van der Waals surface area contributed by atoms with Crippen LogP contribution < -0.4 is 9.47 Å². The number of para-hydroxylation sites is 1. The van der Waals surface area contributed by atoms with Gasteiger partial charge in [0.1, 0.15) is 5.82 Å². The molecule has 1 unspecified atom stereocenters. The maximum absolute atomic E-state index is 14.6. The number of likely N-dealkylation sites (tertiary alicyclic amines) is 1. The molecule has 186 valence electrons. The van der Waals surface area contributed by atoms with Crippen LogP contribution in [-0.2, 0) is 13.0 Å². The molecule has 2 heterocycles. The largest absolute Gasteiger partial charge is 0.493 e. The molecule has 35 heavy (non-hydrogen) atoms. The molecular weight excluding hydrogens is 463 g/mol. The molecule has 0 bridgehead atoms. The number of halogens is 1. The van der Waals surface area contributed by atoms with Crippen LogP contribution in [0.2, 0.25) is 0 Å². The van der Waals surface area contributed by atoms with Crippen LogP contribution in [0.25, 0.3) is 0 Å². The summed E-state index contributed by atoms with van der Waals surface area (Å²) in [6, 6.07) is 14.6. The van der Waals surface area contributed by atoms with Crippen LogP contribution >= 0.6 is 11.3 Å². The van der Waals surface area contributed by atoms with Crippen LogP contribution in [0, 0.1) is 11.7 Å². The third-order valence-corrected chi connectivity index (χ3v) is 7.71. The second-order valence-electron chi connectivity index (χ2n) is 9.06. The van der Waals surface area contributed by atoms with Gasteiger partial charge in [-0.05, 0) is 67.4 Å². The molecule has 1 aliphatic heterocycles. The van der Waals surface area contributed by atoms with Gasteiger partial charge in [-0.1, -0.05) is 30.3 Å². The van der Waals surface area contributed by atoms with E-state index >= 15 is 0 Å². The quantitative estimate of drug-likeness (QED) is 0.392. The first-order valence-electron chi connectivity index (χ1n) is 12.0. The molecule has 1 aromatic heterocycles. The zero-order valence-corrected chi connectivity index (χ0v) is 21.4. The van der Waals surface area contributed by atoms with Gasteiger partial charge in [-0.15, -0.1) is 0 Å². The molecule has 0 saturated carbocycles. The second kappa shape index (κ2) is 11.7. The van der Waals surface area contributed by atoms with Crippen LogP contribution in [0.3, 0.4) is 0 Å². The molecule has 1 fully saturated rings. The highest BCUT2D eigenvalue weighted by Crippen LogP contribution is 2.33. The maximum Gasteiger partial charge on any atom is 0.254 e. The minimum atomic E-state index is -0.212. The highest BCUT2D eigenvalue weighted by atomic mass is 32.1. The second-order valence-corrected chi connectivity index (χ2v) is 9.84.